The van der Waals surface area contributed by atoms with Crippen molar-refractivity contribution in [2.24, 2.45) is 0 Å². The average Bonchev–Trinajstić information content (AvgIpc) is 2.65. The van der Waals surface area contributed by atoms with E-state index in [1.54, 1.807) is 0 Å². The van der Waals surface area contributed by atoms with Crippen LogP contribution in [0.15, 0.2) is 47.4 Å². The van der Waals surface area contributed by atoms with E-state index in [1.807, 2.05) is 0 Å². The molecule has 0 fully saturated rings. The molecule has 12 heteroatoms. The lowest BCUT2D eigenvalue weighted by Crippen LogP contribution is -2.23. The van der Waals surface area contributed by atoms with Crippen LogP contribution in [0.1, 0.15) is 0 Å². The first-order valence-electron chi connectivity index (χ1n) is 8.44. The number of amides is 1. The van der Waals surface area contributed by atoms with Crippen molar-refractivity contribution >= 4 is 27.3 Å². The predicted molar refractivity (Wildman–Crippen MR) is 102 cm³/mol. The number of anilines is 2. The van der Waals surface area contributed by atoms with E-state index in [2.05, 4.69) is 15.4 Å². The van der Waals surface area contributed by atoms with Crippen molar-refractivity contribution in [3.05, 3.63) is 48.3 Å². The van der Waals surface area contributed by atoms with E-state index in [0.29, 0.717) is 5.69 Å². The van der Waals surface area contributed by atoms with E-state index in [9.17, 15) is 30.8 Å². The first-order valence-corrected chi connectivity index (χ1v) is 9.88. The highest BCUT2D eigenvalue weighted by molar-refractivity contribution is 7.89. The van der Waals surface area contributed by atoms with E-state index in [1.165, 1.54) is 38.4 Å². The number of benzene rings is 2. The number of rotatable bonds is 8. The van der Waals surface area contributed by atoms with Gasteiger partial charge in [0.05, 0.1) is 17.1 Å². The summed E-state index contributed by atoms with van der Waals surface area (Å²) in [6.45, 7) is -1.97. The van der Waals surface area contributed by atoms with Gasteiger partial charge in [-0.25, -0.2) is 17.1 Å². The summed E-state index contributed by atoms with van der Waals surface area (Å²) < 4.78 is 80.1. The Bertz CT molecular complexity index is 993. The van der Waals surface area contributed by atoms with Crippen molar-refractivity contribution in [1.29, 1.82) is 0 Å². The maximum absolute atomic E-state index is 13.4. The van der Waals surface area contributed by atoms with Gasteiger partial charge in [0.2, 0.25) is 15.9 Å². The van der Waals surface area contributed by atoms with Gasteiger partial charge in [-0.1, -0.05) is 0 Å². The summed E-state index contributed by atoms with van der Waals surface area (Å²) in [6, 6.07) is 8.25. The fourth-order valence-electron chi connectivity index (χ4n) is 2.23. The predicted octanol–water partition coefficient (Wildman–Crippen LogP) is 3.07. The molecule has 1 amide bonds. The van der Waals surface area contributed by atoms with E-state index in [-0.39, 0.29) is 16.3 Å². The van der Waals surface area contributed by atoms with Gasteiger partial charge in [-0.15, -0.1) is 0 Å². The molecule has 0 aromatic heterocycles. The third kappa shape index (κ3) is 6.59. The highest BCUT2D eigenvalue weighted by Gasteiger charge is 2.29. The summed E-state index contributed by atoms with van der Waals surface area (Å²) in [4.78, 5) is 12.1. The number of alkyl halides is 3. The van der Waals surface area contributed by atoms with Crippen LogP contribution < -0.4 is 15.4 Å². The zero-order valence-electron chi connectivity index (χ0n) is 16.0. The molecule has 2 N–H and O–H groups in total. The Labute approximate surface area is 170 Å². The Morgan fingerprint density at radius 1 is 1.10 bits per heavy atom. The molecular weight excluding hydrogens is 430 g/mol. The second kappa shape index (κ2) is 9.30. The van der Waals surface area contributed by atoms with Gasteiger partial charge in [0, 0.05) is 25.8 Å². The Morgan fingerprint density at radius 2 is 1.73 bits per heavy atom. The van der Waals surface area contributed by atoms with Crippen LogP contribution in [-0.4, -0.2) is 52.1 Å². The minimum Gasteiger partial charge on any atom is -0.482 e. The molecule has 30 heavy (non-hydrogen) atoms. The second-order valence-corrected chi connectivity index (χ2v) is 8.41. The molecule has 2 aromatic carbocycles. The SMILES string of the molecule is CN(C)S(=O)(=O)c1ccc(NC(=O)CNc2cc(F)ccc2OCC(F)(F)F)cc1. The van der Waals surface area contributed by atoms with Crippen LogP contribution in [0, 0.1) is 5.82 Å². The number of nitrogens with one attached hydrogen (secondary N) is 2. The molecule has 0 aliphatic heterocycles. The Balaban J connectivity index is 2.00. The maximum atomic E-state index is 13.4. The molecule has 0 saturated carbocycles. The molecule has 7 nitrogen and oxygen atoms in total. The van der Waals surface area contributed by atoms with Crippen LogP contribution in [-0.2, 0) is 14.8 Å². The number of hydrogen-bond donors (Lipinski definition) is 2. The van der Waals surface area contributed by atoms with E-state index in [0.717, 1.165) is 22.5 Å². The van der Waals surface area contributed by atoms with Crippen molar-refractivity contribution in [3.63, 3.8) is 0 Å². The molecule has 0 spiro atoms. The topological polar surface area (TPSA) is 87.7 Å². The molecule has 0 aliphatic rings. The molecule has 0 atom stereocenters. The molecule has 0 unspecified atom stereocenters. The molecule has 164 valence electrons. The van der Waals surface area contributed by atoms with Crippen LogP contribution in [0.4, 0.5) is 28.9 Å². The number of sulfonamides is 1. The van der Waals surface area contributed by atoms with Gasteiger partial charge in [-0.3, -0.25) is 4.79 Å². The maximum Gasteiger partial charge on any atom is 0.422 e. The summed E-state index contributed by atoms with van der Waals surface area (Å²) in [7, 11) is -0.845. The lowest BCUT2D eigenvalue weighted by atomic mass is 10.2. The Hall–Kier alpha value is -2.86. The molecule has 0 bridgehead atoms. The Kier molecular flexibility index (Phi) is 7.26. The smallest absolute Gasteiger partial charge is 0.422 e. The second-order valence-electron chi connectivity index (χ2n) is 6.26. The summed E-state index contributed by atoms with van der Waals surface area (Å²) in [6.07, 6.45) is -4.57. The largest absolute Gasteiger partial charge is 0.482 e. The monoisotopic (exact) mass is 449 g/mol. The van der Waals surface area contributed by atoms with E-state index >= 15 is 0 Å². The van der Waals surface area contributed by atoms with Gasteiger partial charge in [0.15, 0.2) is 6.61 Å². The first kappa shape index (κ1) is 23.4. The van der Waals surface area contributed by atoms with Crippen molar-refractivity contribution in [3.8, 4) is 5.75 Å². The molecule has 2 rings (SSSR count). The lowest BCUT2D eigenvalue weighted by Gasteiger charge is -2.15. The minimum atomic E-state index is -4.57. The number of halogens is 4. The third-order valence-corrected chi connectivity index (χ3v) is 5.52. The van der Waals surface area contributed by atoms with Crippen molar-refractivity contribution < 1.29 is 35.5 Å². The third-order valence-electron chi connectivity index (χ3n) is 3.69. The van der Waals surface area contributed by atoms with Crippen LogP contribution in [0.25, 0.3) is 0 Å². The van der Waals surface area contributed by atoms with Crippen LogP contribution in [0.5, 0.6) is 5.75 Å². The van der Waals surface area contributed by atoms with E-state index in [4.69, 9.17) is 0 Å². The number of carbonyl (C=O) groups is 1. The minimum absolute atomic E-state index is 0.0369. The molecule has 0 heterocycles. The fraction of sp³-hybridized carbons (Fsp3) is 0.278. The summed E-state index contributed by atoms with van der Waals surface area (Å²) in [5, 5.41) is 5.00. The van der Waals surface area contributed by atoms with Gasteiger partial charge in [0.1, 0.15) is 11.6 Å². The van der Waals surface area contributed by atoms with Gasteiger partial charge in [-0.05, 0) is 36.4 Å². The quantitative estimate of drug-likeness (QED) is 0.605. The number of carbonyl (C=O) groups excluding carboxylic acids is 1. The number of nitrogens with zero attached hydrogens (tertiary/aromatic N) is 1. The normalized spacial score (nSPS) is 12.0. The van der Waals surface area contributed by atoms with Gasteiger partial charge >= 0.3 is 6.18 Å². The molecular formula is C18H19F4N3O4S. The summed E-state index contributed by atoms with van der Waals surface area (Å²) >= 11 is 0. The van der Waals surface area contributed by atoms with Crippen LogP contribution in [0.2, 0.25) is 0 Å². The van der Waals surface area contributed by atoms with Crippen molar-refractivity contribution in [1.82, 2.24) is 4.31 Å². The molecule has 0 saturated heterocycles. The molecule has 0 aliphatic carbocycles. The van der Waals surface area contributed by atoms with Gasteiger partial charge in [-0.2, -0.15) is 13.2 Å². The standard InChI is InChI=1S/C18H19F4N3O4S/c1-25(2)30(27,28)14-6-4-13(5-7-14)24-17(26)10-23-15-9-12(19)3-8-16(15)29-11-18(20,21)22/h3-9,23H,10-11H2,1-2H3,(H,24,26). The highest BCUT2D eigenvalue weighted by Crippen LogP contribution is 2.27. The summed E-state index contributed by atoms with van der Waals surface area (Å²) in [5.41, 5.74) is 0.175. The van der Waals surface area contributed by atoms with E-state index < -0.39 is 41.1 Å². The van der Waals surface area contributed by atoms with Crippen LogP contribution in [0.3, 0.4) is 0 Å². The zero-order valence-corrected chi connectivity index (χ0v) is 16.8. The van der Waals surface area contributed by atoms with Crippen molar-refractivity contribution in [2.45, 2.75) is 11.1 Å². The number of hydrogen-bond acceptors (Lipinski definition) is 5. The molecule has 0 radical (unpaired) electrons. The van der Waals surface area contributed by atoms with Crippen molar-refractivity contribution in [2.75, 3.05) is 37.9 Å². The highest BCUT2D eigenvalue weighted by atomic mass is 32.2. The molecule has 2 aromatic rings. The van der Waals surface area contributed by atoms with Crippen LogP contribution >= 0.6 is 0 Å². The Morgan fingerprint density at radius 3 is 2.30 bits per heavy atom. The van der Waals surface area contributed by atoms with Gasteiger partial charge < -0.3 is 15.4 Å². The fourth-order valence-corrected chi connectivity index (χ4v) is 3.13. The zero-order chi connectivity index (χ0) is 22.5. The average molecular weight is 449 g/mol. The first-order chi connectivity index (χ1) is 13.9. The number of ether oxygens (including phenoxy) is 1. The summed E-state index contributed by atoms with van der Waals surface area (Å²) in [5.74, 6) is -1.58. The van der Waals surface area contributed by atoms with Gasteiger partial charge in [0.25, 0.3) is 0 Å². The lowest BCUT2D eigenvalue weighted by molar-refractivity contribution is -0.153.